The number of rotatable bonds is 3. The molecule has 0 unspecified atom stereocenters. The topological polar surface area (TPSA) is 112 Å². The summed E-state index contributed by atoms with van der Waals surface area (Å²) in [5.41, 5.74) is 4.59. The maximum Gasteiger partial charge on any atom is 0.324 e. The molecule has 0 rings (SSSR count). The van der Waals surface area contributed by atoms with Crippen LogP contribution < -0.4 is 10.9 Å². The molecule has 15 heavy (non-hydrogen) atoms. The summed E-state index contributed by atoms with van der Waals surface area (Å²) < 4.78 is 26.1. The lowest BCUT2D eigenvalue weighted by Crippen LogP contribution is -2.43. The first-order valence-corrected chi connectivity index (χ1v) is 5.72. The Bertz CT molecular complexity index is 309. The molecule has 0 aliphatic heterocycles. The van der Waals surface area contributed by atoms with Gasteiger partial charge in [-0.15, -0.1) is 12.4 Å². The third-order valence-corrected chi connectivity index (χ3v) is 1.95. The molecule has 0 spiro atoms. The number of carbonyl (C=O) groups is 1. The van der Waals surface area contributed by atoms with E-state index in [1.54, 1.807) is 20.8 Å². The van der Waals surface area contributed by atoms with Crippen LogP contribution in [0.4, 0.5) is 0 Å². The summed E-state index contributed by atoms with van der Waals surface area (Å²) in [4.78, 5) is 11.2. The van der Waals surface area contributed by atoms with Gasteiger partial charge in [0.1, 0.15) is 11.6 Å². The van der Waals surface area contributed by atoms with E-state index in [0.717, 1.165) is 0 Å². The Morgan fingerprint density at radius 3 is 2.07 bits per heavy atom. The van der Waals surface area contributed by atoms with E-state index in [1.165, 1.54) is 0 Å². The van der Waals surface area contributed by atoms with Gasteiger partial charge < -0.3 is 10.5 Å². The summed E-state index contributed by atoms with van der Waals surface area (Å²) in [5.74, 6) is -1.38. The first kappa shape index (κ1) is 17.0. The Hall–Kier alpha value is -0.370. The predicted molar refractivity (Wildman–Crippen MR) is 59.0 cm³/mol. The average molecular weight is 261 g/mol. The van der Waals surface area contributed by atoms with Crippen LogP contribution in [0.15, 0.2) is 0 Å². The van der Waals surface area contributed by atoms with Gasteiger partial charge in [-0.05, 0) is 20.8 Å². The van der Waals surface area contributed by atoms with Crippen molar-refractivity contribution in [2.24, 2.45) is 10.9 Å². The number of hydrogen-bond donors (Lipinski definition) is 2. The van der Waals surface area contributed by atoms with Gasteiger partial charge in [-0.3, -0.25) is 4.79 Å². The first-order valence-electron chi connectivity index (χ1n) is 4.00. The van der Waals surface area contributed by atoms with Crippen molar-refractivity contribution in [2.75, 3.05) is 5.75 Å². The van der Waals surface area contributed by atoms with Crippen molar-refractivity contribution in [3.63, 3.8) is 0 Å². The van der Waals surface area contributed by atoms with Gasteiger partial charge in [0.05, 0.1) is 5.75 Å². The van der Waals surface area contributed by atoms with E-state index in [1.807, 2.05) is 0 Å². The van der Waals surface area contributed by atoms with Gasteiger partial charge in [-0.25, -0.2) is 13.6 Å². The molecule has 0 fully saturated rings. The lowest BCUT2D eigenvalue weighted by Gasteiger charge is -2.21. The van der Waals surface area contributed by atoms with Crippen LogP contribution >= 0.6 is 12.4 Å². The molecule has 0 aromatic heterocycles. The first-order chi connectivity index (χ1) is 6.01. The molecule has 0 radical (unpaired) electrons. The lowest BCUT2D eigenvalue weighted by molar-refractivity contribution is -0.155. The maximum absolute atomic E-state index is 11.2. The summed E-state index contributed by atoms with van der Waals surface area (Å²) in [5, 5.41) is 4.72. The van der Waals surface area contributed by atoms with E-state index >= 15 is 0 Å². The predicted octanol–water partition coefficient (Wildman–Crippen LogP) is -0.634. The molecule has 6 nitrogen and oxygen atoms in total. The zero-order valence-corrected chi connectivity index (χ0v) is 10.5. The zero-order chi connectivity index (χ0) is 11.6. The SMILES string of the molecule is CC(C)(C)OC(=O)[C@H](N)CS(N)(=O)=O.Cl. The van der Waals surface area contributed by atoms with Crippen LogP contribution in [0.2, 0.25) is 0 Å². The number of nitrogens with two attached hydrogens (primary N) is 2. The van der Waals surface area contributed by atoms with Crippen LogP contribution in [0.1, 0.15) is 20.8 Å². The monoisotopic (exact) mass is 260 g/mol. The van der Waals surface area contributed by atoms with Crippen molar-refractivity contribution in [1.29, 1.82) is 0 Å². The molecule has 1 atom stereocenters. The lowest BCUT2D eigenvalue weighted by atomic mass is 10.2. The standard InChI is InChI=1S/C7H16N2O4S.ClH/c1-7(2,3)13-6(10)5(8)4-14(9,11)12;/h5H,4,8H2,1-3H3,(H2,9,11,12);1H/t5-;/m1./s1. The molecule has 0 heterocycles. The highest BCUT2D eigenvalue weighted by Gasteiger charge is 2.25. The van der Waals surface area contributed by atoms with Crippen molar-refractivity contribution in [1.82, 2.24) is 0 Å². The Morgan fingerprint density at radius 2 is 1.80 bits per heavy atom. The van der Waals surface area contributed by atoms with Crippen molar-refractivity contribution in [2.45, 2.75) is 32.4 Å². The fourth-order valence-electron chi connectivity index (χ4n) is 0.696. The van der Waals surface area contributed by atoms with E-state index < -0.39 is 33.4 Å². The largest absolute Gasteiger partial charge is 0.459 e. The molecule has 0 aliphatic carbocycles. The second-order valence-corrected chi connectivity index (χ2v) is 5.63. The Kier molecular flexibility index (Phi) is 6.41. The average Bonchev–Trinajstić information content (AvgIpc) is 1.78. The van der Waals surface area contributed by atoms with Gasteiger partial charge in [-0.1, -0.05) is 0 Å². The Morgan fingerprint density at radius 1 is 1.40 bits per heavy atom. The highest BCUT2D eigenvalue weighted by molar-refractivity contribution is 7.89. The third-order valence-electron chi connectivity index (χ3n) is 1.12. The van der Waals surface area contributed by atoms with E-state index in [2.05, 4.69) is 0 Å². The van der Waals surface area contributed by atoms with Crippen molar-refractivity contribution in [3.8, 4) is 0 Å². The molecule has 0 bridgehead atoms. The molecule has 4 N–H and O–H groups in total. The van der Waals surface area contributed by atoms with Gasteiger partial charge in [0.15, 0.2) is 0 Å². The number of ether oxygens (including phenoxy) is 1. The molecule has 0 saturated heterocycles. The number of carbonyl (C=O) groups excluding carboxylic acids is 1. The molecular weight excluding hydrogens is 244 g/mol. The number of primary sulfonamides is 1. The number of sulfonamides is 1. The highest BCUT2D eigenvalue weighted by atomic mass is 35.5. The van der Waals surface area contributed by atoms with Gasteiger partial charge in [0, 0.05) is 0 Å². The van der Waals surface area contributed by atoms with E-state index in [9.17, 15) is 13.2 Å². The molecule has 0 aromatic rings. The van der Waals surface area contributed by atoms with E-state index in [4.69, 9.17) is 15.6 Å². The minimum absolute atomic E-state index is 0. The van der Waals surface area contributed by atoms with Gasteiger partial charge in [0.25, 0.3) is 0 Å². The molecule has 0 saturated carbocycles. The molecule has 8 heteroatoms. The Balaban J connectivity index is 0. The molecule has 92 valence electrons. The quantitative estimate of drug-likeness (QED) is 0.656. The smallest absolute Gasteiger partial charge is 0.324 e. The normalized spacial score (nSPS) is 13.9. The minimum atomic E-state index is -3.75. The molecule has 0 aliphatic rings. The number of hydrogen-bond acceptors (Lipinski definition) is 5. The number of esters is 1. The van der Waals surface area contributed by atoms with Crippen LogP contribution in [0.5, 0.6) is 0 Å². The summed E-state index contributed by atoms with van der Waals surface area (Å²) in [6, 6.07) is -1.23. The molecule has 0 aromatic carbocycles. The summed E-state index contributed by atoms with van der Waals surface area (Å²) in [6.07, 6.45) is 0. The summed E-state index contributed by atoms with van der Waals surface area (Å²) in [6.45, 7) is 4.98. The summed E-state index contributed by atoms with van der Waals surface area (Å²) >= 11 is 0. The van der Waals surface area contributed by atoms with Gasteiger partial charge >= 0.3 is 5.97 Å². The molecule has 0 amide bonds. The van der Waals surface area contributed by atoms with E-state index in [0.29, 0.717) is 0 Å². The second-order valence-electron chi connectivity index (χ2n) is 3.97. The minimum Gasteiger partial charge on any atom is -0.459 e. The van der Waals surface area contributed by atoms with Gasteiger partial charge in [0.2, 0.25) is 10.0 Å². The number of halogens is 1. The van der Waals surface area contributed by atoms with Crippen LogP contribution in [-0.2, 0) is 19.6 Å². The van der Waals surface area contributed by atoms with Crippen LogP contribution in [0, 0.1) is 0 Å². The third kappa shape index (κ3) is 9.92. The zero-order valence-electron chi connectivity index (χ0n) is 8.89. The second kappa shape index (κ2) is 5.64. The molecular formula is C7H17ClN2O4S. The van der Waals surface area contributed by atoms with Crippen molar-refractivity contribution < 1.29 is 17.9 Å². The fourth-order valence-corrected chi connectivity index (χ4v) is 1.33. The van der Waals surface area contributed by atoms with Crippen molar-refractivity contribution >= 4 is 28.4 Å². The van der Waals surface area contributed by atoms with Gasteiger partial charge in [-0.2, -0.15) is 0 Å². The van der Waals surface area contributed by atoms with E-state index in [-0.39, 0.29) is 12.4 Å². The van der Waals surface area contributed by atoms with Crippen LogP contribution in [-0.4, -0.2) is 31.8 Å². The summed E-state index contributed by atoms with van der Waals surface area (Å²) in [7, 11) is -3.75. The highest BCUT2D eigenvalue weighted by Crippen LogP contribution is 2.08. The van der Waals surface area contributed by atoms with Crippen molar-refractivity contribution in [3.05, 3.63) is 0 Å². The van der Waals surface area contributed by atoms with Crippen LogP contribution in [0.25, 0.3) is 0 Å². The van der Waals surface area contributed by atoms with Crippen LogP contribution in [0.3, 0.4) is 0 Å². The maximum atomic E-state index is 11.2. The fraction of sp³-hybridized carbons (Fsp3) is 0.857. The Labute approximate surface area is 95.8 Å².